The first-order chi connectivity index (χ1) is 32.2. The summed E-state index contributed by atoms with van der Waals surface area (Å²) in [6, 6.07) is 84.5. The second kappa shape index (κ2) is 13.8. The molecule has 1 aliphatic rings. The zero-order chi connectivity index (χ0) is 42.6. The van der Waals surface area contributed by atoms with Crippen LogP contribution in [-0.4, -0.2) is 0 Å². The first-order valence-corrected chi connectivity index (χ1v) is 22.4. The first kappa shape index (κ1) is 36.1. The lowest BCUT2D eigenvalue weighted by atomic mass is 9.67. The second-order valence-corrected chi connectivity index (χ2v) is 17.4. The fourth-order valence-corrected chi connectivity index (χ4v) is 11.4. The molecule has 0 bridgehead atoms. The van der Waals surface area contributed by atoms with Crippen molar-refractivity contribution in [2.45, 2.75) is 5.41 Å². The third kappa shape index (κ3) is 5.11. The maximum Gasteiger partial charge on any atom is 0.135 e. The zero-order valence-corrected chi connectivity index (χ0v) is 35.3. The van der Waals surface area contributed by atoms with E-state index in [1.54, 1.807) is 0 Å². The number of furan rings is 2. The van der Waals surface area contributed by atoms with E-state index in [2.05, 4.69) is 218 Å². The minimum Gasteiger partial charge on any atom is -0.456 e. The molecule has 0 spiro atoms. The van der Waals surface area contributed by atoms with Crippen molar-refractivity contribution in [3.05, 3.63) is 253 Å². The van der Waals surface area contributed by atoms with Gasteiger partial charge in [0.25, 0.3) is 0 Å². The molecule has 0 aliphatic heterocycles. The van der Waals surface area contributed by atoms with Gasteiger partial charge in [-0.05, 0) is 131 Å². The molecule has 0 amide bonds. The van der Waals surface area contributed by atoms with E-state index in [9.17, 15) is 0 Å². The SMILES string of the molecule is c1ccc(C2(c3ccccc3)c3ccccc3-c3c(-c4c5cccc(-c6ccc7oc8ccccc8c7c6)c5cc5c(-c6ccc7oc8ccccc8c7c6)cccc45)cccc32)cc1. The van der Waals surface area contributed by atoms with Gasteiger partial charge in [0.15, 0.2) is 0 Å². The van der Waals surface area contributed by atoms with Crippen molar-refractivity contribution < 1.29 is 8.83 Å². The van der Waals surface area contributed by atoms with Crippen LogP contribution in [0.2, 0.25) is 0 Å². The molecule has 65 heavy (non-hydrogen) atoms. The van der Waals surface area contributed by atoms with Crippen molar-refractivity contribution in [3.8, 4) is 44.5 Å². The highest BCUT2D eigenvalue weighted by atomic mass is 16.3. The summed E-state index contributed by atoms with van der Waals surface area (Å²) < 4.78 is 12.7. The van der Waals surface area contributed by atoms with E-state index in [1.807, 2.05) is 12.1 Å². The lowest BCUT2D eigenvalue weighted by Crippen LogP contribution is -2.28. The third-order valence-electron chi connectivity index (χ3n) is 14.2. The van der Waals surface area contributed by atoms with Gasteiger partial charge in [0, 0.05) is 21.5 Å². The predicted molar refractivity (Wildman–Crippen MR) is 270 cm³/mol. The quantitative estimate of drug-likeness (QED) is 0.162. The topological polar surface area (TPSA) is 26.3 Å². The van der Waals surface area contributed by atoms with E-state index < -0.39 is 5.41 Å². The molecule has 0 radical (unpaired) electrons. The Bertz CT molecular complexity index is 3850. The summed E-state index contributed by atoms with van der Waals surface area (Å²) >= 11 is 0. The standard InChI is InChI=1S/C63H38O2/c1-3-16-41(17-4-1)63(42-18-5-2-6-19-42)55-28-10-7-22-49(55)62-50(27-15-29-56(62)63)61-47-25-13-23-43(39-32-34-59-53(36-39)45-20-8-11-30-57(45)64-59)51(47)38-52-44(24-14-26-48(52)61)40-33-35-60-54(37-40)46-21-9-12-31-58(46)65-60/h1-38H. The van der Waals surface area contributed by atoms with Gasteiger partial charge in [0.2, 0.25) is 0 Å². The molecule has 2 aromatic heterocycles. The first-order valence-electron chi connectivity index (χ1n) is 22.4. The van der Waals surface area contributed by atoms with Crippen molar-refractivity contribution in [1.82, 2.24) is 0 Å². The lowest BCUT2D eigenvalue weighted by Gasteiger charge is -2.34. The maximum atomic E-state index is 6.33. The van der Waals surface area contributed by atoms with Crippen molar-refractivity contribution in [2.75, 3.05) is 0 Å². The van der Waals surface area contributed by atoms with Gasteiger partial charge in [-0.2, -0.15) is 0 Å². The average Bonchev–Trinajstić information content (AvgIpc) is 4.04. The molecule has 13 aromatic rings. The van der Waals surface area contributed by atoms with Gasteiger partial charge < -0.3 is 8.83 Å². The molecule has 0 saturated carbocycles. The predicted octanol–water partition coefficient (Wildman–Crippen LogP) is 17.2. The fraction of sp³-hybridized carbons (Fsp3) is 0.0159. The Morgan fingerprint density at radius 3 is 1.26 bits per heavy atom. The molecule has 0 fully saturated rings. The van der Waals surface area contributed by atoms with Crippen LogP contribution in [-0.2, 0) is 5.41 Å². The molecule has 2 heteroatoms. The summed E-state index contributed by atoms with van der Waals surface area (Å²) in [4.78, 5) is 0. The van der Waals surface area contributed by atoms with Crippen LogP contribution in [0.25, 0.3) is 110 Å². The van der Waals surface area contributed by atoms with Crippen molar-refractivity contribution in [2.24, 2.45) is 0 Å². The van der Waals surface area contributed by atoms with Gasteiger partial charge in [-0.15, -0.1) is 0 Å². The molecular weight excluding hydrogens is 789 g/mol. The highest BCUT2D eigenvalue weighted by molar-refractivity contribution is 6.21. The van der Waals surface area contributed by atoms with E-state index in [1.165, 1.54) is 77.2 Å². The molecule has 2 nitrogen and oxygen atoms in total. The van der Waals surface area contributed by atoms with Crippen LogP contribution in [0, 0.1) is 0 Å². The van der Waals surface area contributed by atoms with Crippen molar-refractivity contribution in [1.29, 1.82) is 0 Å². The fourth-order valence-electron chi connectivity index (χ4n) is 11.4. The summed E-state index contributed by atoms with van der Waals surface area (Å²) in [7, 11) is 0. The Balaban J connectivity index is 1.11. The highest BCUT2D eigenvalue weighted by Gasteiger charge is 2.47. The monoisotopic (exact) mass is 826 g/mol. The van der Waals surface area contributed by atoms with E-state index >= 15 is 0 Å². The molecule has 302 valence electrons. The largest absolute Gasteiger partial charge is 0.456 e. The summed E-state index contributed by atoms with van der Waals surface area (Å²) in [5.74, 6) is 0. The number of fused-ring (bicyclic) bond motifs is 11. The van der Waals surface area contributed by atoms with Crippen molar-refractivity contribution >= 4 is 65.4 Å². The Morgan fingerprint density at radius 2 is 0.677 bits per heavy atom. The van der Waals surface area contributed by atoms with Crippen LogP contribution in [0.4, 0.5) is 0 Å². The Labute approximate surface area is 375 Å². The minimum absolute atomic E-state index is 0.521. The van der Waals surface area contributed by atoms with Crippen LogP contribution in [0.5, 0.6) is 0 Å². The van der Waals surface area contributed by atoms with E-state index in [-0.39, 0.29) is 0 Å². The summed E-state index contributed by atoms with van der Waals surface area (Å²) in [5.41, 5.74) is 17.8. The van der Waals surface area contributed by atoms with Gasteiger partial charge in [0.1, 0.15) is 22.3 Å². The summed E-state index contributed by atoms with van der Waals surface area (Å²) in [6.45, 7) is 0. The number of hydrogen-bond acceptors (Lipinski definition) is 2. The zero-order valence-electron chi connectivity index (χ0n) is 35.3. The van der Waals surface area contributed by atoms with E-state index in [4.69, 9.17) is 8.83 Å². The number of rotatable bonds is 5. The van der Waals surface area contributed by atoms with Gasteiger partial charge in [0.05, 0.1) is 5.41 Å². The average molecular weight is 827 g/mol. The molecule has 2 heterocycles. The van der Waals surface area contributed by atoms with Gasteiger partial charge in [-0.1, -0.05) is 188 Å². The van der Waals surface area contributed by atoms with E-state index in [0.717, 1.165) is 55.0 Å². The van der Waals surface area contributed by atoms with Crippen LogP contribution < -0.4 is 0 Å². The lowest BCUT2D eigenvalue weighted by molar-refractivity contribution is 0.668. The van der Waals surface area contributed by atoms with Crippen LogP contribution in [0.15, 0.2) is 239 Å². The molecule has 14 rings (SSSR count). The molecular formula is C63H38O2. The van der Waals surface area contributed by atoms with Crippen LogP contribution >= 0.6 is 0 Å². The van der Waals surface area contributed by atoms with E-state index in [0.29, 0.717) is 0 Å². The normalized spacial score (nSPS) is 13.0. The molecule has 0 N–H and O–H groups in total. The number of hydrogen-bond donors (Lipinski definition) is 0. The Hall–Kier alpha value is -8.46. The summed E-state index contributed by atoms with van der Waals surface area (Å²) in [5, 5.41) is 9.31. The highest BCUT2D eigenvalue weighted by Crippen LogP contribution is 2.59. The van der Waals surface area contributed by atoms with Crippen molar-refractivity contribution in [3.63, 3.8) is 0 Å². The number of benzene rings is 11. The molecule has 0 saturated heterocycles. The van der Waals surface area contributed by atoms with Crippen LogP contribution in [0.3, 0.4) is 0 Å². The molecule has 0 atom stereocenters. The molecule has 0 unspecified atom stereocenters. The number of para-hydroxylation sites is 2. The molecule has 11 aromatic carbocycles. The second-order valence-electron chi connectivity index (χ2n) is 17.4. The van der Waals surface area contributed by atoms with Gasteiger partial charge in [-0.25, -0.2) is 0 Å². The van der Waals surface area contributed by atoms with Gasteiger partial charge in [-0.3, -0.25) is 0 Å². The van der Waals surface area contributed by atoms with Crippen LogP contribution in [0.1, 0.15) is 22.3 Å². The molecule has 1 aliphatic carbocycles. The Kier molecular flexibility index (Phi) is 7.64. The minimum atomic E-state index is -0.521. The smallest absolute Gasteiger partial charge is 0.135 e. The van der Waals surface area contributed by atoms with Gasteiger partial charge >= 0.3 is 0 Å². The Morgan fingerprint density at radius 1 is 0.246 bits per heavy atom. The third-order valence-corrected chi connectivity index (χ3v) is 14.2. The maximum absolute atomic E-state index is 6.33. The summed E-state index contributed by atoms with van der Waals surface area (Å²) in [6.07, 6.45) is 0.